The van der Waals surface area contributed by atoms with Crippen LogP contribution in [-0.4, -0.2) is 41.6 Å². The Bertz CT molecular complexity index is 1120. The molecule has 1 aliphatic heterocycles. The van der Waals surface area contributed by atoms with Gasteiger partial charge in [-0.1, -0.05) is 6.92 Å². The molecule has 0 radical (unpaired) electrons. The van der Waals surface area contributed by atoms with Crippen molar-refractivity contribution in [2.75, 3.05) is 32.8 Å². The Morgan fingerprint density at radius 1 is 1.03 bits per heavy atom. The number of carbonyl (C=O) groups is 1. The summed E-state index contributed by atoms with van der Waals surface area (Å²) in [6.45, 7) is 7.34. The van der Waals surface area contributed by atoms with E-state index < -0.39 is 31.9 Å². The van der Waals surface area contributed by atoms with Gasteiger partial charge >= 0.3 is 0 Å². The fraction of sp³-hybridized carbons (Fsp3) is 0.350. The van der Waals surface area contributed by atoms with Gasteiger partial charge in [0, 0.05) is 24.5 Å². The molecule has 0 aromatic heterocycles. The molecule has 1 N–H and O–H groups in total. The molecule has 3 rings (SSSR count). The van der Waals surface area contributed by atoms with Gasteiger partial charge < -0.3 is 4.90 Å². The zero-order chi connectivity index (χ0) is 22.1. The van der Waals surface area contributed by atoms with Crippen LogP contribution in [0.2, 0.25) is 0 Å². The van der Waals surface area contributed by atoms with Crippen molar-refractivity contribution >= 4 is 43.0 Å². The number of rotatable bonds is 7. The van der Waals surface area contributed by atoms with E-state index in [1.165, 1.54) is 24.3 Å². The van der Waals surface area contributed by atoms with Crippen LogP contribution in [-0.2, 0) is 24.8 Å². The van der Waals surface area contributed by atoms with Gasteiger partial charge in [0.05, 0.1) is 22.3 Å². The second kappa shape index (κ2) is 8.27. The highest BCUT2D eigenvalue weighted by atomic mass is 32.2. The second-order valence-corrected chi connectivity index (χ2v) is 10.6. The lowest BCUT2D eigenvalue weighted by Crippen LogP contribution is -2.30. The predicted octanol–water partition coefficient (Wildman–Crippen LogP) is 2.65. The molecule has 0 aliphatic carbocycles. The van der Waals surface area contributed by atoms with Gasteiger partial charge in [-0.2, -0.15) is 0 Å². The zero-order valence-corrected chi connectivity index (χ0v) is 18.7. The molecule has 1 atom stereocenters. The number of amides is 1. The largest absolute Gasteiger partial charge is 0.372 e. The molecule has 162 valence electrons. The fourth-order valence-electron chi connectivity index (χ4n) is 3.39. The molecule has 10 heteroatoms. The lowest BCUT2D eigenvalue weighted by Gasteiger charge is -2.21. The standard InChI is InChI=1S/C20H25N3O5S2/c1-4-22(5-2)17-8-6-16(7-9-17)21-30(27,28)19-12-10-18(11-13-19)23-20(24)15(3)14-29(23,25)26/h6-13,15,21H,4-5,14H2,1-3H3/t15-/m0/s1. The van der Waals surface area contributed by atoms with Crippen molar-refractivity contribution < 1.29 is 21.6 Å². The van der Waals surface area contributed by atoms with Gasteiger partial charge in [0.25, 0.3) is 10.0 Å². The van der Waals surface area contributed by atoms with Gasteiger partial charge in [0.1, 0.15) is 0 Å². The molecule has 0 unspecified atom stereocenters. The minimum atomic E-state index is -3.87. The fourth-order valence-corrected chi connectivity index (χ4v) is 6.27. The highest BCUT2D eigenvalue weighted by Crippen LogP contribution is 2.29. The molecule has 0 bridgehead atoms. The number of anilines is 3. The molecular formula is C20H25N3O5S2. The average molecular weight is 452 g/mol. The Morgan fingerprint density at radius 3 is 2.07 bits per heavy atom. The third-order valence-electron chi connectivity index (χ3n) is 4.99. The summed E-state index contributed by atoms with van der Waals surface area (Å²) in [5.41, 5.74) is 1.55. The third-order valence-corrected chi connectivity index (χ3v) is 8.26. The van der Waals surface area contributed by atoms with E-state index in [0.29, 0.717) is 5.69 Å². The van der Waals surface area contributed by atoms with Crippen molar-refractivity contribution in [2.45, 2.75) is 25.7 Å². The highest BCUT2D eigenvalue weighted by molar-refractivity contribution is 7.94. The normalized spacial score (nSPS) is 18.4. The molecule has 0 spiro atoms. The Hall–Kier alpha value is -2.59. The van der Waals surface area contributed by atoms with Crippen LogP contribution < -0.4 is 13.9 Å². The average Bonchev–Trinajstić information content (AvgIpc) is 2.90. The van der Waals surface area contributed by atoms with Gasteiger partial charge in [-0.3, -0.25) is 9.52 Å². The summed E-state index contributed by atoms with van der Waals surface area (Å²) in [5, 5.41) is 0. The Labute approximate surface area is 177 Å². The first-order valence-corrected chi connectivity index (χ1v) is 12.7. The highest BCUT2D eigenvalue weighted by Gasteiger charge is 2.41. The molecule has 2 aromatic carbocycles. The van der Waals surface area contributed by atoms with E-state index in [2.05, 4.69) is 9.62 Å². The monoisotopic (exact) mass is 451 g/mol. The van der Waals surface area contributed by atoms with E-state index in [-0.39, 0.29) is 16.3 Å². The summed E-state index contributed by atoms with van der Waals surface area (Å²) >= 11 is 0. The van der Waals surface area contributed by atoms with Crippen molar-refractivity contribution in [2.24, 2.45) is 5.92 Å². The number of benzene rings is 2. The summed E-state index contributed by atoms with van der Waals surface area (Å²) in [7, 11) is -7.60. The summed E-state index contributed by atoms with van der Waals surface area (Å²) in [5.74, 6) is -1.40. The van der Waals surface area contributed by atoms with Crippen molar-refractivity contribution in [1.29, 1.82) is 0 Å². The minimum absolute atomic E-state index is 0.0313. The predicted molar refractivity (Wildman–Crippen MR) is 118 cm³/mol. The number of nitrogens with one attached hydrogen (secondary N) is 1. The number of carbonyl (C=O) groups excluding carboxylic acids is 1. The van der Waals surface area contributed by atoms with E-state index >= 15 is 0 Å². The summed E-state index contributed by atoms with van der Waals surface area (Å²) in [6, 6.07) is 12.3. The van der Waals surface area contributed by atoms with Crippen LogP contribution in [0.3, 0.4) is 0 Å². The second-order valence-electron chi connectivity index (χ2n) is 7.10. The van der Waals surface area contributed by atoms with E-state index in [1.54, 1.807) is 19.1 Å². The first kappa shape index (κ1) is 22.1. The zero-order valence-electron chi connectivity index (χ0n) is 17.1. The summed E-state index contributed by atoms with van der Waals surface area (Å²) in [6.07, 6.45) is 0. The maximum Gasteiger partial charge on any atom is 0.261 e. The van der Waals surface area contributed by atoms with Crippen LogP contribution in [0.4, 0.5) is 17.1 Å². The minimum Gasteiger partial charge on any atom is -0.372 e. The number of nitrogens with zero attached hydrogens (tertiary/aromatic N) is 2. The number of sulfonamides is 2. The third kappa shape index (κ3) is 4.29. The van der Waals surface area contributed by atoms with Crippen molar-refractivity contribution in [1.82, 2.24) is 0 Å². The molecule has 1 amide bonds. The van der Waals surface area contributed by atoms with Gasteiger partial charge in [-0.05, 0) is 62.4 Å². The molecule has 2 aromatic rings. The molecule has 1 aliphatic rings. The van der Waals surface area contributed by atoms with Gasteiger partial charge in [-0.25, -0.2) is 21.1 Å². The van der Waals surface area contributed by atoms with Crippen molar-refractivity contribution in [3.05, 3.63) is 48.5 Å². The van der Waals surface area contributed by atoms with Crippen LogP contribution in [0.5, 0.6) is 0 Å². The first-order chi connectivity index (χ1) is 14.1. The van der Waals surface area contributed by atoms with Gasteiger partial charge in [-0.15, -0.1) is 0 Å². The smallest absolute Gasteiger partial charge is 0.261 e. The van der Waals surface area contributed by atoms with Crippen LogP contribution in [0, 0.1) is 5.92 Å². The molecule has 30 heavy (non-hydrogen) atoms. The van der Waals surface area contributed by atoms with E-state index in [9.17, 15) is 21.6 Å². The van der Waals surface area contributed by atoms with E-state index in [0.717, 1.165) is 23.1 Å². The topological polar surface area (TPSA) is 104 Å². The van der Waals surface area contributed by atoms with Gasteiger partial charge in [0.15, 0.2) is 0 Å². The quantitative estimate of drug-likeness (QED) is 0.694. The van der Waals surface area contributed by atoms with Crippen LogP contribution in [0.15, 0.2) is 53.4 Å². The molecule has 0 saturated carbocycles. The number of hydrogen-bond acceptors (Lipinski definition) is 6. The lowest BCUT2D eigenvalue weighted by molar-refractivity contribution is -0.119. The van der Waals surface area contributed by atoms with Crippen LogP contribution >= 0.6 is 0 Å². The van der Waals surface area contributed by atoms with Crippen LogP contribution in [0.1, 0.15) is 20.8 Å². The van der Waals surface area contributed by atoms with E-state index in [1.807, 2.05) is 26.0 Å². The Balaban J connectivity index is 1.80. The first-order valence-electron chi connectivity index (χ1n) is 9.63. The van der Waals surface area contributed by atoms with E-state index in [4.69, 9.17) is 0 Å². The molecule has 1 saturated heterocycles. The molecular weight excluding hydrogens is 426 g/mol. The van der Waals surface area contributed by atoms with Crippen molar-refractivity contribution in [3.63, 3.8) is 0 Å². The summed E-state index contributed by atoms with van der Waals surface area (Å²) in [4.78, 5) is 14.3. The maximum atomic E-state index is 12.7. The van der Waals surface area contributed by atoms with Gasteiger partial charge in [0.2, 0.25) is 15.9 Å². The lowest BCUT2D eigenvalue weighted by atomic mass is 10.2. The van der Waals surface area contributed by atoms with Crippen molar-refractivity contribution in [3.8, 4) is 0 Å². The molecule has 1 fully saturated rings. The SMILES string of the molecule is CCN(CC)c1ccc(NS(=O)(=O)c2ccc(N3C(=O)[C@@H](C)CS3(=O)=O)cc2)cc1. The molecule has 1 heterocycles. The summed E-state index contributed by atoms with van der Waals surface area (Å²) < 4.78 is 53.0. The Kier molecular flexibility index (Phi) is 6.09. The van der Waals surface area contributed by atoms with Crippen LogP contribution in [0.25, 0.3) is 0 Å². The number of hydrogen-bond donors (Lipinski definition) is 1. The maximum absolute atomic E-state index is 12.7. The Morgan fingerprint density at radius 2 is 1.60 bits per heavy atom. The molecule has 8 nitrogen and oxygen atoms in total.